The number of guanidine groups is 1. The Bertz CT molecular complexity index is 926. The van der Waals surface area contributed by atoms with E-state index in [4.69, 9.17) is 9.15 Å². The molecule has 0 fully saturated rings. The highest BCUT2D eigenvalue weighted by Crippen LogP contribution is 2.19. The highest BCUT2D eigenvalue weighted by molar-refractivity contribution is 14.0. The molecule has 2 aromatic carbocycles. The highest BCUT2D eigenvalue weighted by Gasteiger charge is 2.07. The molecule has 6 nitrogen and oxygen atoms in total. The number of aromatic nitrogens is 1. The molecule has 29 heavy (non-hydrogen) atoms. The van der Waals surface area contributed by atoms with Crippen molar-refractivity contribution in [3.8, 4) is 17.2 Å². The van der Waals surface area contributed by atoms with E-state index in [-0.39, 0.29) is 24.0 Å². The minimum absolute atomic E-state index is 0. The third-order valence-electron chi connectivity index (χ3n) is 4.41. The number of halogens is 1. The molecule has 0 atom stereocenters. The lowest BCUT2D eigenvalue weighted by molar-refractivity contribution is 0.411. The van der Waals surface area contributed by atoms with E-state index in [1.807, 2.05) is 37.3 Å². The molecule has 3 rings (SSSR count). The molecule has 0 aliphatic heterocycles. The van der Waals surface area contributed by atoms with Crippen LogP contribution in [0.4, 0.5) is 0 Å². The lowest BCUT2D eigenvalue weighted by atomic mass is 10.1. The third kappa shape index (κ3) is 6.49. The second kappa shape index (κ2) is 11.5. The SMILES string of the molecule is CN=C(NCCc1ccc(C)c(OC)c1)NCc1coc(-c2ccccc2)n1.I. The molecule has 2 N–H and O–H groups in total. The molecule has 0 aliphatic rings. The van der Waals surface area contributed by atoms with Crippen LogP contribution in [0, 0.1) is 6.92 Å². The monoisotopic (exact) mass is 506 g/mol. The first-order valence-corrected chi connectivity index (χ1v) is 9.27. The molecular weight excluding hydrogens is 479 g/mol. The summed E-state index contributed by atoms with van der Waals surface area (Å²) >= 11 is 0. The van der Waals surface area contributed by atoms with Gasteiger partial charge in [0.15, 0.2) is 5.96 Å². The highest BCUT2D eigenvalue weighted by atomic mass is 127. The van der Waals surface area contributed by atoms with Gasteiger partial charge in [0.05, 0.1) is 19.3 Å². The molecule has 0 aliphatic carbocycles. The molecular formula is C22H27IN4O2. The van der Waals surface area contributed by atoms with Crippen LogP contribution in [0.25, 0.3) is 11.5 Å². The van der Waals surface area contributed by atoms with Crippen molar-refractivity contribution in [1.82, 2.24) is 15.6 Å². The zero-order chi connectivity index (χ0) is 19.8. The van der Waals surface area contributed by atoms with Gasteiger partial charge >= 0.3 is 0 Å². The van der Waals surface area contributed by atoms with Gasteiger partial charge in [-0.15, -0.1) is 24.0 Å². The van der Waals surface area contributed by atoms with Crippen LogP contribution in [0.1, 0.15) is 16.8 Å². The second-order valence-corrected chi connectivity index (χ2v) is 6.42. The Labute approximate surface area is 188 Å². The standard InChI is InChI=1S/C22H26N4O2.HI/c1-16-9-10-17(13-20(16)27-3)11-12-24-22(23-2)25-14-19-15-28-21(26-19)18-7-5-4-6-8-18;/h4-10,13,15H,11-12,14H2,1-3H3,(H2,23,24,25);1H. The van der Waals surface area contributed by atoms with Crippen LogP contribution in [-0.2, 0) is 13.0 Å². The van der Waals surface area contributed by atoms with Crippen molar-refractivity contribution in [2.45, 2.75) is 19.9 Å². The van der Waals surface area contributed by atoms with Crippen molar-refractivity contribution in [2.24, 2.45) is 4.99 Å². The smallest absolute Gasteiger partial charge is 0.226 e. The Morgan fingerprint density at radius 2 is 1.93 bits per heavy atom. The summed E-state index contributed by atoms with van der Waals surface area (Å²) in [6, 6.07) is 16.1. The number of methoxy groups -OCH3 is 1. The van der Waals surface area contributed by atoms with Gasteiger partial charge in [-0.25, -0.2) is 4.98 Å². The molecule has 0 saturated heterocycles. The molecule has 0 radical (unpaired) electrons. The maximum atomic E-state index is 5.56. The predicted molar refractivity (Wildman–Crippen MR) is 127 cm³/mol. The van der Waals surface area contributed by atoms with Crippen molar-refractivity contribution in [3.63, 3.8) is 0 Å². The molecule has 0 bridgehead atoms. The molecule has 0 saturated carbocycles. The van der Waals surface area contributed by atoms with E-state index < -0.39 is 0 Å². The summed E-state index contributed by atoms with van der Waals surface area (Å²) in [4.78, 5) is 8.77. The van der Waals surface area contributed by atoms with Gasteiger partial charge in [0.2, 0.25) is 5.89 Å². The average molecular weight is 506 g/mol. The summed E-state index contributed by atoms with van der Waals surface area (Å²) in [5.74, 6) is 2.26. The zero-order valence-corrected chi connectivity index (χ0v) is 19.3. The Kier molecular flexibility index (Phi) is 8.98. The number of ether oxygens (including phenoxy) is 1. The zero-order valence-electron chi connectivity index (χ0n) is 16.9. The summed E-state index contributed by atoms with van der Waals surface area (Å²) in [7, 11) is 3.45. The van der Waals surface area contributed by atoms with E-state index in [9.17, 15) is 0 Å². The van der Waals surface area contributed by atoms with Gasteiger partial charge in [0, 0.05) is 19.2 Å². The number of rotatable bonds is 7. The van der Waals surface area contributed by atoms with Gasteiger partial charge in [-0.2, -0.15) is 0 Å². The van der Waals surface area contributed by atoms with Crippen molar-refractivity contribution >= 4 is 29.9 Å². The first-order valence-electron chi connectivity index (χ1n) is 9.27. The van der Waals surface area contributed by atoms with Crippen molar-refractivity contribution < 1.29 is 9.15 Å². The number of nitrogens with zero attached hydrogens (tertiary/aromatic N) is 2. The molecule has 1 heterocycles. The number of hydrogen-bond donors (Lipinski definition) is 2. The van der Waals surface area contributed by atoms with Crippen LogP contribution >= 0.6 is 24.0 Å². The largest absolute Gasteiger partial charge is 0.496 e. The van der Waals surface area contributed by atoms with E-state index in [1.165, 1.54) is 5.56 Å². The Morgan fingerprint density at radius 1 is 1.14 bits per heavy atom. The number of aliphatic imine (C=N–C) groups is 1. The maximum absolute atomic E-state index is 5.56. The maximum Gasteiger partial charge on any atom is 0.226 e. The van der Waals surface area contributed by atoms with E-state index >= 15 is 0 Å². The molecule has 0 amide bonds. The van der Waals surface area contributed by atoms with Gasteiger partial charge in [0.1, 0.15) is 12.0 Å². The lowest BCUT2D eigenvalue weighted by Crippen LogP contribution is -2.37. The van der Waals surface area contributed by atoms with Crippen LogP contribution in [0.2, 0.25) is 0 Å². The van der Waals surface area contributed by atoms with Gasteiger partial charge in [-0.1, -0.05) is 30.3 Å². The first-order chi connectivity index (χ1) is 13.7. The van der Waals surface area contributed by atoms with Gasteiger partial charge < -0.3 is 19.8 Å². The van der Waals surface area contributed by atoms with E-state index in [2.05, 4.69) is 38.8 Å². The fourth-order valence-corrected chi connectivity index (χ4v) is 2.84. The third-order valence-corrected chi connectivity index (χ3v) is 4.41. The summed E-state index contributed by atoms with van der Waals surface area (Å²) in [6.07, 6.45) is 2.54. The minimum atomic E-state index is 0. The molecule has 0 spiro atoms. The van der Waals surface area contributed by atoms with Crippen LogP contribution in [0.3, 0.4) is 0 Å². The van der Waals surface area contributed by atoms with E-state index in [0.717, 1.165) is 41.5 Å². The van der Waals surface area contributed by atoms with Crippen LogP contribution in [0.15, 0.2) is 64.2 Å². The Balaban J connectivity index is 0.00000300. The quantitative estimate of drug-likeness (QED) is 0.286. The van der Waals surface area contributed by atoms with E-state index in [0.29, 0.717) is 12.4 Å². The second-order valence-electron chi connectivity index (χ2n) is 6.42. The number of aryl methyl sites for hydroxylation is 1. The summed E-state index contributed by atoms with van der Waals surface area (Å²) in [5.41, 5.74) is 4.14. The van der Waals surface area contributed by atoms with Gasteiger partial charge in [-0.3, -0.25) is 4.99 Å². The van der Waals surface area contributed by atoms with Crippen LogP contribution < -0.4 is 15.4 Å². The first kappa shape index (κ1) is 22.7. The summed E-state index contributed by atoms with van der Waals surface area (Å²) in [6.45, 7) is 3.34. The number of nitrogens with one attached hydrogen (secondary N) is 2. The van der Waals surface area contributed by atoms with E-state index in [1.54, 1.807) is 20.4 Å². The van der Waals surface area contributed by atoms with Crippen molar-refractivity contribution in [3.05, 3.63) is 71.6 Å². The fourth-order valence-electron chi connectivity index (χ4n) is 2.84. The molecule has 154 valence electrons. The lowest BCUT2D eigenvalue weighted by Gasteiger charge is -2.12. The summed E-state index contributed by atoms with van der Waals surface area (Å²) in [5, 5.41) is 6.58. The van der Waals surface area contributed by atoms with Gasteiger partial charge in [-0.05, 0) is 42.7 Å². The molecule has 0 unspecified atom stereocenters. The topological polar surface area (TPSA) is 71.7 Å². The number of benzene rings is 2. The van der Waals surface area contributed by atoms with Crippen LogP contribution in [0.5, 0.6) is 5.75 Å². The minimum Gasteiger partial charge on any atom is -0.496 e. The van der Waals surface area contributed by atoms with Crippen molar-refractivity contribution in [2.75, 3.05) is 20.7 Å². The molecule has 3 aromatic rings. The molecule has 1 aromatic heterocycles. The number of hydrogen-bond acceptors (Lipinski definition) is 4. The Morgan fingerprint density at radius 3 is 2.66 bits per heavy atom. The predicted octanol–water partition coefficient (Wildman–Crippen LogP) is 4.18. The normalized spacial score (nSPS) is 10.9. The van der Waals surface area contributed by atoms with Crippen LogP contribution in [-0.4, -0.2) is 31.6 Å². The van der Waals surface area contributed by atoms with Gasteiger partial charge in [0.25, 0.3) is 0 Å². The average Bonchev–Trinajstić information content (AvgIpc) is 3.21. The fraction of sp³-hybridized carbons (Fsp3) is 0.273. The Hall–Kier alpha value is -2.55. The number of oxazole rings is 1. The van der Waals surface area contributed by atoms with Crippen molar-refractivity contribution in [1.29, 1.82) is 0 Å². The summed E-state index contributed by atoms with van der Waals surface area (Å²) < 4.78 is 10.9. The molecule has 7 heteroatoms.